The van der Waals surface area contributed by atoms with Crippen molar-refractivity contribution in [3.8, 4) is 0 Å². The molecule has 112 valence electrons. The first-order valence-corrected chi connectivity index (χ1v) is 7.59. The average Bonchev–Trinajstić information content (AvgIpc) is 2.47. The number of hydrogen-bond donors (Lipinski definition) is 1. The summed E-state index contributed by atoms with van der Waals surface area (Å²) in [5.74, 6) is 0.393. The van der Waals surface area contributed by atoms with Crippen molar-refractivity contribution < 1.29 is 4.39 Å². The summed E-state index contributed by atoms with van der Waals surface area (Å²) in [6, 6.07) is 13.9. The second-order valence-electron chi connectivity index (χ2n) is 5.76. The van der Waals surface area contributed by atoms with Crippen LogP contribution >= 0.6 is 0 Å². The summed E-state index contributed by atoms with van der Waals surface area (Å²) in [5.41, 5.74) is 4.42. The van der Waals surface area contributed by atoms with Crippen LogP contribution in [0.1, 0.15) is 54.5 Å². The first-order chi connectivity index (χ1) is 10.0. The Morgan fingerprint density at radius 2 is 1.62 bits per heavy atom. The molecule has 2 aromatic rings. The highest BCUT2D eigenvalue weighted by Crippen LogP contribution is 2.26. The molecule has 0 radical (unpaired) electrons. The largest absolute Gasteiger partial charge is 0.309 e. The molecule has 2 unspecified atom stereocenters. The number of aryl methyl sites for hydroxylation is 1. The summed E-state index contributed by atoms with van der Waals surface area (Å²) in [4.78, 5) is 0. The van der Waals surface area contributed by atoms with E-state index in [1.165, 1.54) is 5.56 Å². The molecule has 0 aliphatic rings. The number of benzene rings is 2. The Labute approximate surface area is 127 Å². The number of nitrogens with one attached hydrogen (secondary N) is 1. The van der Waals surface area contributed by atoms with Gasteiger partial charge in [0.15, 0.2) is 0 Å². The lowest BCUT2D eigenvalue weighted by Gasteiger charge is -2.19. The van der Waals surface area contributed by atoms with Crippen LogP contribution in [0.4, 0.5) is 4.39 Å². The molecule has 0 fully saturated rings. The van der Waals surface area contributed by atoms with Crippen LogP contribution in [-0.4, -0.2) is 7.05 Å². The van der Waals surface area contributed by atoms with E-state index in [1.807, 2.05) is 20.0 Å². The van der Waals surface area contributed by atoms with Crippen molar-refractivity contribution in [1.29, 1.82) is 0 Å². The minimum Gasteiger partial charge on any atom is -0.309 e. The predicted molar refractivity (Wildman–Crippen MR) is 87.2 cm³/mol. The topological polar surface area (TPSA) is 12.0 Å². The van der Waals surface area contributed by atoms with E-state index in [2.05, 4.69) is 43.4 Å². The Kier molecular flexibility index (Phi) is 5.13. The summed E-state index contributed by atoms with van der Waals surface area (Å²) in [6.07, 6.45) is 1.14. The minimum atomic E-state index is -0.179. The van der Waals surface area contributed by atoms with Gasteiger partial charge in [-0.05, 0) is 60.7 Å². The average molecular weight is 285 g/mol. The van der Waals surface area contributed by atoms with Crippen molar-refractivity contribution in [3.05, 3.63) is 70.5 Å². The van der Waals surface area contributed by atoms with E-state index < -0.39 is 0 Å². The van der Waals surface area contributed by atoms with Gasteiger partial charge in [0.1, 0.15) is 5.82 Å². The molecule has 0 amide bonds. The summed E-state index contributed by atoms with van der Waals surface area (Å²) < 4.78 is 13.6. The number of rotatable bonds is 5. The molecule has 0 saturated heterocycles. The highest BCUT2D eigenvalue weighted by atomic mass is 19.1. The van der Waals surface area contributed by atoms with E-state index in [0.29, 0.717) is 5.92 Å². The van der Waals surface area contributed by atoms with Crippen LogP contribution in [-0.2, 0) is 0 Å². The first kappa shape index (κ1) is 15.7. The van der Waals surface area contributed by atoms with E-state index in [9.17, 15) is 4.39 Å². The monoisotopic (exact) mass is 285 g/mol. The van der Waals surface area contributed by atoms with Gasteiger partial charge in [-0.2, -0.15) is 0 Å². The maximum atomic E-state index is 13.6. The Hall–Kier alpha value is -1.67. The van der Waals surface area contributed by atoms with Gasteiger partial charge in [0.25, 0.3) is 0 Å². The van der Waals surface area contributed by atoms with E-state index in [0.717, 1.165) is 23.1 Å². The predicted octanol–water partition coefficient (Wildman–Crippen LogP) is 4.96. The van der Waals surface area contributed by atoms with E-state index in [4.69, 9.17) is 0 Å². The Balaban J connectivity index is 2.32. The minimum absolute atomic E-state index is 0.0189. The van der Waals surface area contributed by atoms with Gasteiger partial charge in [-0.15, -0.1) is 0 Å². The molecular weight excluding hydrogens is 261 g/mol. The van der Waals surface area contributed by atoms with Gasteiger partial charge in [0.2, 0.25) is 0 Å². The Bertz CT molecular complexity index is 569. The van der Waals surface area contributed by atoms with E-state index in [-0.39, 0.29) is 11.9 Å². The van der Waals surface area contributed by atoms with E-state index in [1.54, 1.807) is 12.1 Å². The van der Waals surface area contributed by atoms with Crippen LogP contribution in [0.25, 0.3) is 0 Å². The molecule has 2 rings (SSSR count). The van der Waals surface area contributed by atoms with Gasteiger partial charge in [0, 0.05) is 0 Å². The summed E-state index contributed by atoms with van der Waals surface area (Å²) in [7, 11) is 1.91. The van der Waals surface area contributed by atoms with Gasteiger partial charge in [-0.25, -0.2) is 4.39 Å². The lowest BCUT2D eigenvalue weighted by molar-refractivity contribution is 0.615. The SMILES string of the molecule is CCC(C)c1ccc(C(NC)c2cc(C)cc(F)c2)cc1. The van der Waals surface area contributed by atoms with Crippen molar-refractivity contribution in [2.75, 3.05) is 7.05 Å². The van der Waals surface area contributed by atoms with Crippen LogP contribution in [0.5, 0.6) is 0 Å². The lowest BCUT2D eigenvalue weighted by Crippen LogP contribution is -2.18. The van der Waals surface area contributed by atoms with Gasteiger partial charge < -0.3 is 5.32 Å². The number of hydrogen-bond acceptors (Lipinski definition) is 1. The molecule has 0 bridgehead atoms. The molecule has 0 aliphatic carbocycles. The molecule has 2 heteroatoms. The van der Waals surface area contributed by atoms with Crippen molar-refractivity contribution in [1.82, 2.24) is 5.32 Å². The summed E-state index contributed by atoms with van der Waals surface area (Å²) in [5, 5.41) is 3.29. The van der Waals surface area contributed by atoms with Crippen LogP contribution in [0, 0.1) is 12.7 Å². The van der Waals surface area contributed by atoms with Crippen molar-refractivity contribution in [2.45, 2.75) is 39.2 Å². The van der Waals surface area contributed by atoms with Gasteiger partial charge in [-0.1, -0.05) is 44.2 Å². The van der Waals surface area contributed by atoms with Crippen LogP contribution in [0.15, 0.2) is 42.5 Å². The molecule has 2 aromatic carbocycles. The summed E-state index contributed by atoms with van der Waals surface area (Å²) >= 11 is 0. The fourth-order valence-corrected chi connectivity index (χ4v) is 2.71. The zero-order valence-electron chi connectivity index (χ0n) is 13.3. The standard InChI is InChI=1S/C19H24FN/c1-5-14(3)15-6-8-16(9-7-15)19(21-4)17-10-13(2)11-18(20)12-17/h6-12,14,19,21H,5H2,1-4H3. The van der Waals surface area contributed by atoms with Gasteiger partial charge in [-0.3, -0.25) is 0 Å². The van der Waals surface area contributed by atoms with Crippen LogP contribution in [0.2, 0.25) is 0 Å². The van der Waals surface area contributed by atoms with Crippen molar-refractivity contribution >= 4 is 0 Å². The highest BCUT2D eigenvalue weighted by Gasteiger charge is 2.14. The fraction of sp³-hybridized carbons (Fsp3) is 0.368. The third-order valence-corrected chi connectivity index (χ3v) is 4.14. The molecule has 0 saturated carbocycles. The number of halogens is 1. The van der Waals surface area contributed by atoms with Gasteiger partial charge in [0.05, 0.1) is 6.04 Å². The molecule has 2 atom stereocenters. The molecule has 0 heterocycles. The summed E-state index contributed by atoms with van der Waals surface area (Å²) in [6.45, 7) is 6.36. The molecule has 0 aliphatic heterocycles. The quantitative estimate of drug-likeness (QED) is 0.819. The maximum absolute atomic E-state index is 13.6. The van der Waals surface area contributed by atoms with Crippen LogP contribution in [0.3, 0.4) is 0 Å². The molecular formula is C19H24FN. The third-order valence-electron chi connectivity index (χ3n) is 4.14. The zero-order valence-corrected chi connectivity index (χ0v) is 13.3. The second-order valence-corrected chi connectivity index (χ2v) is 5.76. The highest BCUT2D eigenvalue weighted by molar-refractivity contribution is 5.36. The molecule has 0 spiro atoms. The fourth-order valence-electron chi connectivity index (χ4n) is 2.71. The van der Waals surface area contributed by atoms with Crippen molar-refractivity contribution in [3.63, 3.8) is 0 Å². The zero-order chi connectivity index (χ0) is 15.4. The third kappa shape index (κ3) is 3.70. The van der Waals surface area contributed by atoms with Gasteiger partial charge >= 0.3 is 0 Å². The van der Waals surface area contributed by atoms with E-state index >= 15 is 0 Å². The van der Waals surface area contributed by atoms with Crippen molar-refractivity contribution in [2.24, 2.45) is 0 Å². The Morgan fingerprint density at radius 3 is 2.14 bits per heavy atom. The Morgan fingerprint density at radius 1 is 1.00 bits per heavy atom. The molecule has 1 N–H and O–H groups in total. The second kappa shape index (κ2) is 6.86. The smallest absolute Gasteiger partial charge is 0.123 e. The normalized spacial score (nSPS) is 14.0. The maximum Gasteiger partial charge on any atom is 0.123 e. The first-order valence-electron chi connectivity index (χ1n) is 7.59. The molecule has 0 aromatic heterocycles. The lowest BCUT2D eigenvalue weighted by atomic mass is 9.93. The molecule has 1 nitrogen and oxygen atoms in total. The van der Waals surface area contributed by atoms with Crippen LogP contribution < -0.4 is 5.32 Å². The molecule has 21 heavy (non-hydrogen) atoms.